The number of rotatable bonds is 5. The van der Waals surface area contributed by atoms with Crippen LogP contribution in [0.3, 0.4) is 0 Å². The van der Waals surface area contributed by atoms with Crippen molar-refractivity contribution in [1.82, 2.24) is 5.32 Å². The van der Waals surface area contributed by atoms with Crippen molar-refractivity contribution >= 4 is 11.6 Å². The SMILES string of the molecule is CNCC(Cc1ccc(F)cc1)c1cccc(Cl)c1. The number of hydrogen-bond donors (Lipinski definition) is 1. The molecular formula is C16H17ClFN. The maximum Gasteiger partial charge on any atom is 0.123 e. The van der Waals surface area contributed by atoms with Gasteiger partial charge in [0.05, 0.1) is 0 Å². The van der Waals surface area contributed by atoms with Gasteiger partial charge in [-0.2, -0.15) is 0 Å². The summed E-state index contributed by atoms with van der Waals surface area (Å²) in [7, 11) is 1.93. The Kier molecular flexibility index (Phi) is 4.94. The van der Waals surface area contributed by atoms with E-state index in [4.69, 9.17) is 11.6 Å². The van der Waals surface area contributed by atoms with Gasteiger partial charge in [-0.25, -0.2) is 4.39 Å². The summed E-state index contributed by atoms with van der Waals surface area (Å²) < 4.78 is 12.9. The fraction of sp³-hybridized carbons (Fsp3) is 0.250. The Bertz CT molecular complexity index is 525. The van der Waals surface area contributed by atoms with Gasteiger partial charge in [0.2, 0.25) is 0 Å². The number of halogens is 2. The monoisotopic (exact) mass is 277 g/mol. The second-order valence-electron chi connectivity index (χ2n) is 4.64. The standard InChI is InChI=1S/C16H17ClFN/c1-19-11-14(13-3-2-4-15(17)10-13)9-12-5-7-16(18)8-6-12/h2-8,10,14,19H,9,11H2,1H3. The van der Waals surface area contributed by atoms with E-state index in [0.29, 0.717) is 5.92 Å². The quantitative estimate of drug-likeness (QED) is 0.870. The molecule has 0 saturated carbocycles. The first-order chi connectivity index (χ1) is 9.19. The molecule has 1 nitrogen and oxygen atoms in total. The third-order valence-corrected chi connectivity index (χ3v) is 3.40. The summed E-state index contributed by atoms with van der Waals surface area (Å²) in [6.07, 6.45) is 0.863. The van der Waals surface area contributed by atoms with E-state index in [1.807, 2.05) is 37.4 Å². The Morgan fingerprint density at radius 3 is 2.53 bits per heavy atom. The zero-order chi connectivity index (χ0) is 13.7. The zero-order valence-corrected chi connectivity index (χ0v) is 11.6. The van der Waals surface area contributed by atoms with Gasteiger partial charge in [-0.1, -0.05) is 35.9 Å². The fourth-order valence-corrected chi connectivity index (χ4v) is 2.42. The van der Waals surface area contributed by atoms with E-state index in [1.165, 1.54) is 17.7 Å². The van der Waals surface area contributed by atoms with Crippen molar-refractivity contribution in [2.24, 2.45) is 0 Å². The summed E-state index contributed by atoms with van der Waals surface area (Å²) in [5.74, 6) is 0.130. The van der Waals surface area contributed by atoms with Crippen molar-refractivity contribution < 1.29 is 4.39 Å². The molecule has 0 amide bonds. The van der Waals surface area contributed by atoms with Crippen LogP contribution in [-0.2, 0) is 6.42 Å². The Morgan fingerprint density at radius 2 is 1.89 bits per heavy atom. The maximum absolute atomic E-state index is 12.9. The number of nitrogens with one attached hydrogen (secondary N) is 1. The van der Waals surface area contributed by atoms with Crippen LogP contribution in [-0.4, -0.2) is 13.6 Å². The average Bonchev–Trinajstić information content (AvgIpc) is 2.41. The van der Waals surface area contributed by atoms with E-state index in [1.54, 1.807) is 0 Å². The molecule has 0 aliphatic carbocycles. The van der Waals surface area contributed by atoms with Crippen LogP contribution < -0.4 is 5.32 Å². The minimum absolute atomic E-state index is 0.198. The molecule has 0 aromatic heterocycles. The molecule has 0 bridgehead atoms. The second kappa shape index (κ2) is 6.69. The van der Waals surface area contributed by atoms with Gasteiger partial charge in [0.25, 0.3) is 0 Å². The largest absolute Gasteiger partial charge is 0.319 e. The second-order valence-corrected chi connectivity index (χ2v) is 5.08. The van der Waals surface area contributed by atoms with Crippen molar-refractivity contribution in [1.29, 1.82) is 0 Å². The Balaban J connectivity index is 2.18. The van der Waals surface area contributed by atoms with Crippen molar-refractivity contribution in [3.8, 4) is 0 Å². The summed E-state index contributed by atoms with van der Waals surface area (Å²) >= 11 is 6.04. The molecule has 0 fully saturated rings. The van der Waals surface area contributed by atoms with Crippen molar-refractivity contribution in [3.05, 3.63) is 70.5 Å². The van der Waals surface area contributed by atoms with Crippen LogP contribution in [0.25, 0.3) is 0 Å². The summed E-state index contributed by atoms with van der Waals surface area (Å²) in [5.41, 5.74) is 2.33. The van der Waals surface area contributed by atoms with E-state index in [9.17, 15) is 4.39 Å². The lowest BCUT2D eigenvalue weighted by atomic mass is 9.92. The fourth-order valence-electron chi connectivity index (χ4n) is 2.22. The highest BCUT2D eigenvalue weighted by Gasteiger charge is 2.12. The number of likely N-dealkylation sites (N-methyl/N-ethyl adjacent to an activating group) is 1. The normalized spacial score (nSPS) is 12.4. The minimum Gasteiger partial charge on any atom is -0.319 e. The predicted octanol–water partition coefficient (Wildman–Crippen LogP) is 4.02. The van der Waals surface area contributed by atoms with Gasteiger partial charge in [0, 0.05) is 17.5 Å². The summed E-state index contributed by atoms with van der Waals surface area (Å²) in [4.78, 5) is 0. The molecule has 19 heavy (non-hydrogen) atoms. The molecule has 3 heteroatoms. The topological polar surface area (TPSA) is 12.0 Å². The van der Waals surface area contributed by atoms with Gasteiger partial charge in [0.1, 0.15) is 5.82 Å². The van der Waals surface area contributed by atoms with Crippen LogP contribution in [0.4, 0.5) is 4.39 Å². The molecule has 0 aliphatic heterocycles. The van der Waals surface area contributed by atoms with Crippen LogP contribution in [0.15, 0.2) is 48.5 Å². The first-order valence-corrected chi connectivity index (χ1v) is 6.71. The Hall–Kier alpha value is -1.38. The third kappa shape index (κ3) is 4.05. The highest BCUT2D eigenvalue weighted by Crippen LogP contribution is 2.23. The van der Waals surface area contributed by atoms with E-state index in [2.05, 4.69) is 11.4 Å². The van der Waals surface area contributed by atoms with Crippen LogP contribution in [0.2, 0.25) is 5.02 Å². The predicted molar refractivity (Wildman–Crippen MR) is 78.2 cm³/mol. The van der Waals surface area contributed by atoms with Crippen LogP contribution >= 0.6 is 11.6 Å². The molecule has 0 aliphatic rings. The first kappa shape index (κ1) is 14.0. The Morgan fingerprint density at radius 1 is 1.16 bits per heavy atom. The lowest BCUT2D eigenvalue weighted by Crippen LogP contribution is -2.19. The molecule has 2 rings (SSSR count). The van der Waals surface area contributed by atoms with Gasteiger partial charge in [-0.05, 0) is 48.9 Å². The number of hydrogen-bond acceptors (Lipinski definition) is 1. The van der Waals surface area contributed by atoms with Crippen LogP contribution in [0.1, 0.15) is 17.0 Å². The maximum atomic E-state index is 12.9. The summed E-state index contributed by atoms with van der Waals surface area (Å²) in [6.45, 7) is 0.859. The lowest BCUT2D eigenvalue weighted by Gasteiger charge is -2.17. The van der Waals surface area contributed by atoms with E-state index in [-0.39, 0.29) is 5.82 Å². The molecule has 0 radical (unpaired) electrons. The van der Waals surface area contributed by atoms with Crippen molar-refractivity contribution in [2.45, 2.75) is 12.3 Å². The molecule has 1 atom stereocenters. The molecule has 0 heterocycles. The first-order valence-electron chi connectivity index (χ1n) is 6.33. The lowest BCUT2D eigenvalue weighted by molar-refractivity contribution is 0.615. The average molecular weight is 278 g/mol. The van der Waals surface area contributed by atoms with Crippen LogP contribution in [0.5, 0.6) is 0 Å². The van der Waals surface area contributed by atoms with Gasteiger partial charge < -0.3 is 5.32 Å². The highest BCUT2D eigenvalue weighted by atomic mass is 35.5. The molecule has 2 aromatic carbocycles. The molecule has 1 unspecified atom stereocenters. The van der Waals surface area contributed by atoms with Crippen molar-refractivity contribution in [3.63, 3.8) is 0 Å². The summed E-state index contributed by atoms with van der Waals surface area (Å²) in [5, 5.41) is 3.95. The van der Waals surface area contributed by atoms with Crippen molar-refractivity contribution in [2.75, 3.05) is 13.6 Å². The van der Waals surface area contributed by atoms with Gasteiger partial charge in [-0.3, -0.25) is 0 Å². The third-order valence-electron chi connectivity index (χ3n) is 3.17. The van der Waals surface area contributed by atoms with Gasteiger partial charge in [-0.15, -0.1) is 0 Å². The number of benzene rings is 2. The van der Waals surface area contributed by atoms with E-state index < -0.39 is 0 Å². The molecule has 0 spiro atoms. The molecule has 100 valence electrons. The molecule has 1 N–H and O–H groups in total. The van der Waals surface area contributed by atoms with E-state index in [0.717, 1.165) is 23.6 Å². The minimum atomic E-state index is -0.198. The molecule has 0 saturated heterocycles. The van der Waals surface area contributed by atoms with Crippen LogP contribution in [0, 0.1) is 5.82 Å². The highest BCUT2D eigenvalue weighted by molar-refractivity contribution is 6.30. The van der Waals surface area contributed by atoms with E-state index >= 15 is 0 Å². The molecular weight excluding hydrogens is 261 g/mol. The zero-order valence-electron chi connectivity index (χ0n) is 10.9. The Labute approximate surface area is 118 Å². The van der Waals surface area contributed by atoms with Gasteiger partial charge >= 0.3 is 0 Å². The summed E-state index contributed by atoms with van der Waals surface area (Å²) in [6, 6.07) is 14.6. The smallest absolute Gasteiger partial charge is 0.123 e. The van der Waals surface area contributed by atoms with Gasteiger partial charge in [0.15, 0.2) is 0 Å². The molecule has 2 aromatic rings.